The molecule has 6 nitrogen and oxygen atoms in total. The molecule has 0 bridgehead atoms. The fourth-order valence-corrected chi connectivity index (χ4v) is 4.39. The lowest BCUT2D eigenvalue weighted by molar-refractivity contribution is -0.161. The fourth-order valence-electron chi connectivity index (χ4n) is 4.39. The summed E-state index contributed by atoms with van der Waals surface area (Å²) in [4.78, 5) is 35.7. The number of carbonyl (C=O) groups is 3. The van der Waals surface area contributed by atoms with E-state index in [9.17, 15) is 19.5 Å². The van der Waals surface area contributed by atoms with Crippen molar-refractivity contribution in [3.63, 3.8) is 0 Å². The van der Waals surface area contributed by atoms with E-state index in [0.717, 1.165) is 63.7 Å². The molecule has 0 aliphatic heterocycles. The highest BCUT2D eigenvalue weighted by molar-refractivity contribution is 5.89. The van der Waals surface area contributed by atoms with Crippen LogP contribution in [0.4, 0.5) is 0 Å². The second-order valence-corrected chi connectivity index (χ2v) is 11.8. The summed E-state index contributed by atoms with van der Waals surface area (Å²) in [6.07, 6.45) is 33.0. The molecule has 1 atom stereocenters. The van der Waals surface area contributed by atoms with E-state index in [0.29, 0.717) is 19.3 Å². The van der Waals surface area contributed by atoms with Crippen molar-refractivity contribution < 1.29 is 29.0 Å². The van der Waals surface area contributed by atoms with Gasteiger partial charge in [-0.2, -0.15) is 0 Å². The largest absolute Gasteiger partial charge is 0.462 e. The van der Waals surface area contributed by atoms with Gasteiger partial charge in [0.05, 0.1) is 6.61 Å². The summed E-state index contributed by atoms with van der Waals surface area (Å²) in [7, 11) is 0. The summed E-state index contributed by atoms with van der Waals surface area (Å²) in [5.74, 6) is 0.283. The molecule has 0 saturated heterocycles. The van der Waals surface area contributed by atoms with Crippen molar-refractivity contribution in [2.45, 2.75) is 149 Å². The van der Waals surface area contributed by atoms with Crippen molar-refractivity contribution >= 4 is 17.7 Å². The summed E-state index contributed by atoms with van der Waals surface area (Å²) in [6.45, 7) is 6.19. The molecule has 1 N–H and O–H groups in total. The summed E-state index contributed by atoms with van der Waals surface area (Å²) in [6, 6.07) is 0. The van der Waals surface area contributed by atoms with E-state index in [1.54, 1.807) is 6.08 Å². The maximum atomic E-state index is 12.1. The van der Waals surface area contributed by atoms with Gasteiger partial charge in [0.2, 0.25) is 0 Å². The Morgan fingerprint density at radius 1 is 0.674 bits per heavy atom. The molecule has 0 unspecified atom stereocenters. The van der Waals surface area contributed by atoms with Crippen LogP contribution < -0.4 is 0 Å². The lowest BCUT2D eigenvalue weighted by Gasteiger charge is -2.15. The first kappa shape index (κ1) is 40.5. The molecule has 0 heterocycles. The quantitative estimate of drug-likeness (QED) is 0.0302. The van der Waals surface area contributed by atoms with Crippen LogP contribution in [0.15, 0.2) is 48.6 Å². The van der Waals surface area contributed by atoms with Crippen molar-refractivity contribution in [3.05, 3.63) is 48.6 Å². The zero-order valence-electron chi connectivity index (χ0n) is 27.6. The first-order valence-electron chi connectivity index (χ1n) is 17.0. The maximum absolute atomic E-state index is 12.1. The number of carbonyl (C=O) groups excluding carboxylic acids is 3. The average Bonchev–Trinajstić information content (AvgIpc) is 2.98. The van der Waals surface area contributed by atoms with Crippen LogP contribution >= 0.6 is 0 Å². The molecule has 0 amide bonds. The molecule has 0 aliphatic carbocycles. The van der Waals surface area contributed by atoms with Crippen LogP contribution in [0.3, 0.4) is 0 Å². The Morgan fingerprint density at radius 3 is 1.95 bits per heavy atom. The molecule has 0 saturated carbocycles. The number of allylic oxidation sites excluding steroid dienone is 8. The van der Waals surface area contributed by atoms with Gasteiger partial charge in [0, 0.05) is 19.3 Å². The monoisotopic (exact) mass is 602 g/mol. The lowest BCUT2D eigenvalue weighted by Crippen LogP contribution is -2.28. The Kier molecular flexibility index (Phi) is 29.2. The lowest BCUT2D eigenvalue weighted by atomic mass is 10.0. The Hall–Kier alpha value is -2.47. The topological polar surface area (TPSA) is 89.9 Å². The molecule has 0 spiro atoms. The Balaban J connectivity index is 3.78. The highest BCUT2D eigenvalue weighted by Gasteiger charge is 2.16. The molecule has 0 aromatic rings. The van der Waals surface area contributed by atoms with Gasteiger partial charge in [-0.1, -0.05) is 128 Å². The van der Waals surface area contributed by atoms with Crippen LogP contribution in [-0.2, 0) is 23.9 Å². The van der Waals surface area contributed by atoms with E-state index in [1.807, 2.05) is 24.3 Å². The van der Waals surface area contributed by atoms with E-state index < -0.39 is 6.10 Å². The summed E-state index contributed by atoms with van der Waals surface area (Å²) in [5.41, 5.74) is 0. The van der Waals surface area contributed by atoms with Crippen LogP contribution in [0.2, 0.25) is 0 Å². The first-order chi connectivity index (χ1) is 20.9. The number of ether oxygens (including phenoxy) is 2. The molecule has 0 aliphatic rings. The van der Waals surface area contributed by atoms with E-state index in [1.165, 1.54) is 38.5 Å². The van der Waals surface area contributed by atoms with E-state index in [4.69, 9.17) is 9.47 Å². The third-order valence-corrected chi connectivity index (χ3v) is 7.03. The first-order valence-corrected chi connectivity index (χ1v) is 17.0. The molecule has 0 radical (unpaired) electrons. The van der Waals surface area contributed by atoms with Crippen LogP contribution in [-0.4, -0.2) is 42.1 Å². The Bertz CT molecular complexity index is 808. The second-order valence-electron chi connectivity index (χ2n) is 11.8. The van der Waals surface area contributed by atoms with Gasteiger partial charge in [-0.05, 0) is 50.5 Å². The number of esters is 2. The SMILES string of the molecule is CCCCCC(=O)/C=C/C=C\C/C=C\C/C=C\CCCC(=O)OC[C@H](CO)OC(=O)CCCCCCCCCCC(C)C. The van der Waals surface area contributed by atoms with E-state index in [-0.39, 0.29) is 37.4 Å². The van der Waals surface area contributed by atoms with Gasteiger partial charge >= 0.3 is 11.9 Å². The van der Waals surface area contributed by atoms with Crippen LogP contribution in [0.5, 0.6) is 0 Å². The molecule has 0 fully saturated rings. The predicted molar refractivity (Wildman–Crippen MR) is 178 cm³/mol. The zero-order valence-corrected chi connectivity index (χ0v) is 27.6. The number of aliphatic hydroxyl groups is 1. The molecule has 6 heteroatoms. The minimum absolute atomic E-state index is 0.113. The minimum atomic E-state index is -0.808. The molecule has 246 valence electrons. The molecular formula is C37H62O6. The van der Waals surface area contributed by atoms with Crippen LogP contribution in [0.1, 0.15) is 143 Å². The Labute approximate surface area is 263 Å². The van der Waals surface area contributed by atoms with Crippen LogP contribution in [0, 0.1) is 5.92 Å². The number of hydrogen-bond donors (Lipinski definition) is 1. The molecule has 0 aromatic carbocycles. The fraction of sp³-hybridized carbons (Fsp3) is 0.703. The minimum Gasteiger partial charge on any atom is -0.462 e. The van der Waals surface area contributed by atoms with Gasteiger partial charge < -0.3 is 14.6 Å². The number of aliphatic hydroxyl groups excluding tert-OH is 1. The summed E-state index contributed by atoms with van der Waals surface area (Å²) in [5, 5.41) is 9.49. The highest BCUT2D eigenvalue weighted by atomic mass is 16.6. The van der Waals surface area contributed by atoms with E-state index >= 15 is 0 Å². The standard InChI is InChI=1S/C37H62O6/c1-4-5-21-27-34(39)28-23-18-14-9-7-6-8-10-15-19-24-29-36(40)42-32-35(31-38)43-37(41)30-25-20-16-12-11-13-17-22-26-33(2)3/h6-7,10,14-15,18,23,28,33,35,38H,4-5,8-9,11-13,16-17,19-22,24-27,29-32H2,1-3H3/b7-6-,15-10-,18-14-,28-23+/t35-/m0/s1. The van der Waals surface area contributed by atoms with E-state index in [2.05, 4.69) is 39.0 Å². The molecule has 0 aromatic heterocycles. The molecule has 43 heavy (non-hydrogen) atoms. The molecular weight excluding hydrogens is 540 g/mol. The predicted octanol–water partition coefficient (Wildman–Crippen LogP) is 9.32. The number of rotatable bonds is 29. The van der Waals surface area contributed by atoms with Crippen molar-refractivity contribution in [2.24, 2.45) is 5.92 Å². The smallest absolute Gasteiger partial charge is 0.306 e. The van der Waals surface area contributed by atoms with Gasteiger partial charge in [0.1, 0.15) is 6.61 Å². The van der Waals surface area contributed by atoms with Gasteiger partial charge in [-0.3, -0.25) is 14.4 Å². The van der Waals surface area contributed by atoms with Gasteiger partial charge in [0.25, 0.3) is 0 Å². The highest BCUT2D eigenvalue weighted by Crippen LogP contribution is 2.13. The third-order valence-electron chi connectivity index (χ3n) is 7.03. The van der Waals surface area contributed by atoms with Crippen molar-refractivity contribution in [2.75, 3.05) is 13.2 Å². The Morgan fingerprint density at radius 2 is 1.28 bits per heavy atom. The van der Waals surface area contributed by atoms with Gasteiger partial charge in [-0.25, -0.2) is 0 Å². The van der Waals surface area contributed by atoms with Crippen molar-refractivity contribution in [1.82, 2.24) is 0 Å². The van der Waals surface area contributed by atoms with Gasteiger partial charge in [-0.15, -0.1) is 0 Å². The van der Waals surface area contributed by atoms with Crippen LogP contribution in [0.25, 0.3) is 0 Å². The maximum Gasteiger partial charge on any atom is 0.306 e. The van der Waals surface area contributed by atoms with Crippen molar-refractivity contribution in [1.29, 1.82) is 0 Å². The second kappa shape index (κ2) is 31.0. The number of unbranched alkanes of at least 4 members (excludes halogenated alkanes) is 10. The van der Waals surface area contributed by atoms with Crippen molar-refractivity contribution in [3.8, 4) is 0 Å². The summed E-state index contributed by atoms with van der Waals surface area (Å²) >= 11 is 0. The number of ketones is 1. The molecule has 0 rings (SSSR count). The average molecular weight is 603 g/mol. The zero-order chi connectivity index (χ0) is 31.8. The summed E-state index contributed by atoms with van der Waals surface area (Å²) < 4.78 is 10.5. The third kappa shape index (κ3) is 30.8. The number of hydrogen-bond acceptors (Lipinski definition) is 6. The normalized spacial score (nSPS) is 12.8. The van der Waals surface area contributed by atoms with Gasteiger partial charge in [0.15, 0.2) is 11.9 Å².